The molecule has 5 heteroatoms. The fourth-order valence-corrected chi connectivity index (χ4v) is 6.30. The Labute approximate surface area is 196 Å². The lowest BCUT2D eigenvalue weighted by molar-refractivity contribution is -0.136. The fourth-order valence-electron chi connectivity index (χ4n) is 4.94. The summed E-state index contributed by atoms with van der Waals surface area (Å²) in [5.74, 6) is 2.66. The molecule has 3 rings (SSSR count). The Kier molecular flexibility index (Phi) is 8.30. The maximum Gasteiger partial charge on any atom is 0.307 e. The number of allylic oxidation sites excluding steroid dienone is 1. The molecule has 0 saturated heterocycles. The zero-order valence-corrected chi connectivity index (χ0v) is 20.3. The van der Waals surface area contributed by atoms with Gasteiger partial charge in [-0.05, 0) is 60.1 Å². The SMILES string of the molecule is CCCC(CC=CCC(=O)O)C1c2ccc(OC)cc2SCC1(C)c1ccc(OC)cc1. The summed E-state index contributed by atoms with van der Waals surface area (Å²) in [4.78, 5) is 12.2. The number of benzene rings is 2. The van der Waals surface area contributed by atoms with Crippen LogP contribution in [-0.4, -0.2) is 31.0 Å². The molecule has 32 heavy (non-hydrogen) atoms. The Bertz CT molecular complexity index is 937. The summed E-state index contributed by atoms with van der Waals surface area (Å²) in [6.45, 7) is 4.61. The first-order valence-corrected chi connectivity index (χ1v) is 12.2. The van der Waals surface area contributed by atoms with E-state index in [0.29, 0.717) is 11.8 Å². The molecule has 2 aromatic rings. The Balaban J connectivity index is 2.06. The van der Waals surface area contributed by atoms with E-state index in [2.05, 4.69) is 50.3 Å². The van der Waals surface area contributed by atoms with Crippen LogP contribution in [0.3, 0.4) is 0 Å². The highest BCUT2D eigenvalue weighted by molar-refractivity contribution is 7.99. The van der Waals surface area contributed by atoms with Crippen molar-refractivity contribution in [3.05, 3.63) is 65.7 Å². The van der Waals surface area contributed by atoms with Crippen molar-refractivity contribution in [1.82, 2.24) is 0 Å². The van der Waals surface area contributed by atoms with Gasteiger partial charge in [0.2, 0.25) is 0 Å². The van der Waals surface area contributed by atoms with Crippen molar-refractivity contribution in [1.29, 1.82) is 0 Å². The van der Waals surface area contributed by atoms with Crippen molar-refractivity contribution in [3.63, 3.8) is 0 Å². The number of methoxy groups -OCH3 is 2. The number of carbonyl (C=O) groups is 1. The van der Waals surface area contributed by atoms with Crippen LogP contribution in [0.1, 0.15) is 56.6 Å². The second kappa shape index (κ2) is 11.0. The average Bonchev–Trinajstić information content (AvgIpc) is 2.81. The highest BCUT2D eigenvalue weighted by Crippen LogP contribution is 2.55. The lowest BCUT2D eigenvalue weighted by Gasteiger charge is -2.46. The van der Waals surface area contributed by atoms with E-state index in [-0.39, 0.29) is 11.8 Å². The third kappa shape index (κ3) is 5.32. The van der Waals surface area contributed by atoms with Gasteiger partial charge in [0, 0.05) is 16.1 Å². The summed E-state index contributed by atoms with van der Waals surface area (Å²) in [6, 6.07) is 14.9. The first kappa shape index (κ1) is 24.2. The van der Waals surface area contributed by atoms with E-state index in [0.717, 1.165) is 36.5 Å². The highest BCUT2D eigenvalue weighted by atomic mass is 32.2. The minimum absolute atomic E-state index is 0.0565. The van der Waals surface area contributed by atoms with Crippen molar-refractivity contribution in [2.75, 3.05) is 20.0 Å². The van der Waals surface area contributed by atoms with E-state index in [1.54, 1.807) is 20.3 Å². The second-order valence-electron chi connectivity index (χ2n) is 8.67. The number of rotatable bonds is 10. The summed E-state index contributed by atoms with van der Waals surface area (Å²) < 4.78 is 10.9. The first-order chi connectivity index (χ1) is 15.4. The molecule has 0 aliphatic carbocycles. The molecular weight excluding hydrogens is 420 g/mol. The Morgan fingerprint density at radius 2 is 1.84 bits per heavy atom. The van der Waals surface area contributed by atoms with Crippen LogP contribution >= 0.6 is 11.8 Å². The van der Waals surface area contributed by atoms with Gasteiger partial charge >= 0.3 is 5.97 Å². The molecule has 3 unspecified atom stereocenters. The van der Waals surface area contributed by atoms with E-state index in [9.17, 15) is 4.79 Å². The molecule has 1 aliphatic rings. The van der Waals surface area contributed by atoms with E-state index >= 15 is 0 Å². The van der Waals surface area contributed by atoms with Crippen molar-refractivity contribution >= 4 is 17.7 Å². The number of aliphatic carboxylic acids is 1. The normalized spacial score (nSPS) is 21.2. The largest absolute Gasteiger partial charge is 0.497 e. The Morgan fingerprint density at radius 3 is 2.47 bits per heavy atom. The topological polar surface area (TPSA) is 55.8 Å². The maximum absolute atomic E-state index is 11.0. The summed E-state index contributed by atoms with van der Waals surface area (Å²) in [7, 11) is 3.40. The van der Waals surface area contributed by atoms with Gasteiger partial charge in [-0.3, -0.25) is 4.79 Å². The molecule has 3 atom stereocenters. The summed E-state index contributed by atoms with van der Waals surface area (Å²) in [5.41, 5.74) is 2.62. The molecular formula is C27H34O4S. The van der Waals surface area contributed by atoms with E-state index in [1.165, 1.54) is 16.0 Å². The van der Waals surface area contributed by atoms with Gasteiger partial charge in [-0.25, -0.2) is 0 Å². The second-order valence-corrected chi connectivity index (χ2v) is 9.69. The first-order valence-electron chi connectivity index (χ1n) is 11.2. The van der Waals surface area contributed by atoms with Crippen molar-refractivity contribution in [3.8, 4) is 11.5 Å². The fraction of sp³-hybridized carbons (Fsp3) is 0.444. The molecule has 172 valence electrons. The van der Waals surface area contributed by atoms with Gasteiger partial charge < -0.3 is 14.6 Å². The number of fused-ring (bicyclic) bond motifs is 1. The molecule has 0 fully saturated rings. The number of hydrogen-bond acceptors (Lipinski definition) is 4. The summed E-state index contributed by atoms with van der Waals surface area (Å²) in [5, 5.41) is 9.01. The number of thioether (sulfide) groups is 1. The number of ether oxygens (including phenoxy) is 2. The quantitative estimate of drug-likeness (QED) is 0.405. The molecule has 0 aromatic heterocycles. The summed E-state index contributed by atoms with van der Waals surface area (Å²) >= 11 is 1.89. The number of carboxylic acids is 1. The van der Waals surface area contributed by atoms with Crippen molar-refractivity contribution < 1.29 is 19.4 Å². The van der Waals surface area contributed by atoms with Gasteiger partial charge in [-0.1, -0.05) is 50.6 Å². The molecule has 0 bridgehead atoms. The minimum Gasteiger partial charge on any atom is -0.497 e. The smallest absolute Gasteiger partial charge is 0.307 e. The van der Waals surface area contributed by atoms with E-state index < -0.39 is 5.97 Å². The molecule has 1 N–H and O–H groups in total. The van der Waals surface area contributed by atoms with Gasteiger partial charge in [-0.2, -0.15) is 0 Å². The van der Waals surface area contributed by atoms with Crippen LogP contribution in [0, 0.1) is 5.92 Å². The van der Waals surface area contributed by atoms with Crippen molar-refractivity contribution in [2.45, 2.75) is 55.8 Å². The van der Waals surface area contributed by atoms with Crippen LogP contribution in [0.25, 0.3) is 0 Å². The predicted octanol–water partition coefficient (Wildman–Crippen LogP) is 6.69. The Morgan fingerprint density at radius 1 is 1.16 bits per heavy atom. The number of carboxylic acid groups (broad SMARTS) is 1. The molecule has 0 spiro atoms. The van der Waals surface area contributed by atoms with E-state index in [1.807, 2.05) is 23.9 Å². The maximum atomic E-state index is 11.0. The molecule has 1 heterocycles. The van der Waals surface area contributed by atoms with Gasteiger partial charge in [0.15, 0.2) is 0 Å². The van der Waals surface area contributed by atoms with Crippen LogP contribution in [0.4, 0.5) is 0 Å². The minimum atomic E-state index is -0.789. The van der Waals surface area contributed by atoms with Crippen LogP contribution in [-0.2, 0) is 10.2 Å². The van der Waals surface area contributed by atoms with Crippen LogP contribution < -0.4 is 9.47 Å². The lowest BCUT2D eigenvalue weighted by atomic mass is 9.63. The van der Waals surface area contributed by atoms with E-state index in [4.69, 9.17) is 14.6 Å². The molecule has 0 radical (unpaired) electrons. The van der Waals surface area contributed by atoms with Crippen molar-refractivity contribution in [2.24, 2.45) is 5.92 Å². The summed E-state index contributed by atoms with van der Waals surface area (Å²) in [6.07, 6.45) is 6.97. The molecule has 0 amide bonds. The third-order valence-electron chi connectivity index (χ3n) is 6.55. The van der Waals surface area contributed by atoms with Gasteiger partial charge in [-0.15, -0.1) is 11.8 Å². The molecule has 1 aliphatic heterocycles. The number of hydrogen-bond donors (Lipinski definition) is 1. The average molecular weight is 455 g/mol. The van der Waals surface area contributed by atoms with Gasteiger partial charge in [0.25, 0.3) is 0 Å². The van der Waals surface area contributed by atoms with Crippen LogP contribution in [0.15, 0.2) is 59.5 Å². The van der Waals surface area contributed by atoms with Gasteiger partial charge in [0.05, 0.1) is 20.6 Å². The monoisotopic (exact) mass is 454 g/mol. The highest BCUT2D eigenvalue weighted by Gasteiger charge is 2.44. The van der Waals surface area contributed by atoms with Crippen LogP contribution in [0.2, 0.25) is 0 Å². The van der Waals surface area contributed by atoms with Crippen LogP contribution in [0.5, 0.6) is 11.5 Å². The Hall–Kier alpha value is -2.40. The zero-order valence-electron chi connectivity index (χ0n) is 19.5. The zero-order chi connectivity index (χ0) is 23.1. The standard InChI is InChI=1S/C27H34O4S/c1-5-8-19(9-6-7-10-25(28)29)26-23-16-15-22(31-4)17-24(23)32-18-27(26,2)20-11-13-21(30-3)14-12-20/h6-7,11-17,19,26H,5,8-10,18H2,1-4H3,(H,28,29). The third-order valence-corrected chi connectivity index (χ3v) is 7.96. The molecule has 4 nitrogen and oxygen atoms in total. The lowest BCUT2D eigenvalue weighted by Crippen LogP contribution is -2.40. The molecule has 0 saturated carbocycles. The van der Waals surface area contributed by atoms with Gasteiger partial charge in [0.1, 0.15) is 11.5 Å². The molecule has 2 aromatic carbocycles. The predicted molar refractivity (Wildman–Crippen MR) is 131 cm³/mol.